The van der Waals surface area contributed by atoms with Crippen molar-refractivity contribution in [1.29, 1.82) is 0 Å². The third kappa shape index (κ3) is 3.97. The van der Waals surface area contributed by atoms with Crippen molar-refractivity contribution in [3.8, 4) is 0 Å². The Balaban J connectivity index is 1.46. The molecule has 0 saturated carbocycles. The molecule has 9 heteroatoms. The van der Waals surface area contributed by atoms with E-state index < -0.39 is 0 Å². The summed E-state index contributed by atoms with van der Waals surface area (Å²) in [6, 6.07) is 3.62. The first-order valence-corrected chi connectivity index (χ1v) is 9.20. The Morgan fingerprint density at radius 3 is 2.33 bits per heavy atom. The molecule has 4 rings (SSSR count). The highest BCUT2D eigenvalue weighted by Gasteiger charge is 2.24. The number of amides is 1. The first kappa shape index (κ1) is 17.6. The number of nitrogens with zero attached hydrogens (tertiary/aromatic N) is 7. The molecule has 0 aliphatic carbocycles. The van der Waals surface area contributed by atoms with Gasteiger partial charge in [0.25, 0.3) is 5.91 Å². The smallest absolute Gasteiger partial charge is 0.272 e. The molecule has 2 aliphatic heterocycles. The third-order valence-corrected chi connectivity index (χ3v) is 4.78. The van der Waals surface area contributed by atoms with E-state index in [0.29, 0.717) is 37.8 Å². The lowest BCUT2D eigenvalue weighted by molar-refractivity contribution is 0.0299. The van der Waals surface area contributed by atoms with Crippen molar-refractivity contribution in [2.45, 2.75) is 6.92 Å². The van der Waals surface area contributed by atoms with Crippen molar-refractivity contribution < 1.29 is 9.53 Å². The Labute approximate surface area is 158 Å². The highest BCUT2D eigenvalue weighted by molar-refractivity contribution is 5.93. The van der Waals surface area contributed by atoms with Gasteiger partial charge in [-0.05, 0) is 13.0 Å². The van der Waals surface area contributed by atoms with Crippen LogP contribution >= 0.6 is 0 Å². The minimum atomic E-state index is -0.0543. The highest BCUT2D eigenvalue weighted by Crippen LogP contribution is 2.18. The number of hydrogen-bond acceptors (Lipinski definition) is 8. The molecule has 0 aromatic carbocycles. The Morgan fingerprint density at radius 1 is 0.963 bits per heavy atom. The monoisotopic (exact) mass is 369 g/mol. The average Bonchev–Trinajstić information content (AvgIpc) is 2.74. The summed E-state index contributed by atoms with van der Waals surface area (Å²) >= 11 is 0. The molecular weight excluding hydrogens is 346 g/mol. The molecule has 142 valence electrons. The van der Waals surface area contributed by atoms with Crippen LogP contribution in [0.1, 0.15) is 16.3 Å². The maximum atomic E-state index is 12.8. The number of carbonyl (C=O) groups excluding carboxylic acids is 1. The number of rotatable bonds is 3. The van der Waals surface area contributed by atoms with Crippen molar-refractivity contribution in [3.63, 3.8) is 0 Å². The molecule has 2 aromatic rings. The first-order valence-electron chi connectivity index (χ1n) is 9.20. The van der Waals surface area contributed by atoms with Crippen LogP contribution in [0.15, 0.2) is 24.5 Å². The quantitative estimate of drug-likeness (QED) is 0.767. The van der Waals surface area contributed by atoms with Crippen LogP contribution in [-0.2, 0) is 4.74 Å². The van der Waals surface area contributed by atoms with E-state index >= 15 is 0 Å². The average molecular weight is 369 g/mol. The number of anilines is 2. The molecule has 4 heterocycles. The summed E-state index contributed by atoms with van der Waals surface area (Å²) in [5.74, 6) is 2.10. The Hall–Kier alpha value is -2.81. The van der Waals surface area contributed by atoms with Gasteiger partial charge < -0.3 is 19.4 Å². The van der Waals surface area contributed by atoms with Gasteiger partial charge in [-0.1, -0.05) is 0 Å². The lowest BCUT2D eigenvalue weighted by Crippen LogP contribution is -2.47. The molecule has 27 heavy (non-hydrogen) atoms. The molecule has 0 atom stereocenters. The summed E-state index contributed by atoms with van der Waals surface area (Å²) < 4.78 is 5.33. The fourth-order valence-corrected chi connectivity index (χ4v) is 3.34. The second-order valence-electron chi connectivity index (χ2n) is 6.59. The van der Waals surface area contributed by atoms with Gasteiger partial charge in [0.15, 0.2) is 0 Å². The van der Waals surface area contributed by atoms with Gasteiger partial charge in [-0.3, -0.25) is 4.79 Å². The molecule has 9 nitrogen and oxygen atoms in total. The van der Waals surface area contributed by atoms with Crippen LogP contribution in [0.4, 0.5) is 11.8 Å². The molecule has 2 fully saturated rings. The van der Waals surface area contributed by atoms with Crippen LogP contribution in [0.25, 0.3) is 0 Å². The van der Waals surface area contributed by atoms with Crippen molar-refractivity contribution in [3.05, 3.63) is 36.0 Å². The molecule has 0 radical (unpaired) electrons. The standard InChI is InChI=1S/C18H23N7O2/c1-14-21-15(17(26)24-9-11-27-12-10-24)13-16(22-14)23-5-7-25(8-6-23)18-19-3-2-4-20-18/h2-4,13H,5-12H2,1H3. The largest absolute Gasteiger partial charge is 0.378 e. The Morgan fingerprint density at radius 2 is 1.63 bits per heavy atom. The summed E-state index contributed by atoms with van der Waals surface area (Å²) in [6.45, 7) is 7.38. The fourth-order valence-electron chi connectivity index (χ4n) is 3.34. The normalized spacial score (nSPS) is 17.9. The number of aryl methyl sites for hydroxylation is 1. The Kier molecular flexibility index (Phi) is 5.10. The molecular formula is C18H23N7O2. The van der Waals surface area contributed by atoms with E-state index in [1.807, 2.05) is 13.0 Å². The molecule has 2 saturated heterocycles. The van der Waals surface area contributed by atoms with Gasteiger partial charge in [0.1, 0.15) is 17.3 Å². The van der Waals surface area contributed by atoms with Crippen molar-refractivity contribution in [2.24, 2.45) is 0 Å². The van der Waals surface area contributed by atoms with E-state index in [-0.39, 0.29) is 5.91 Å². The van der Waals surface area contributed by atoms with Gasteiger partial charge in [0, 0.05) is 57.7 Å². The number of hydrogen-bond donors (Lipinski definition) is 0. The molecule has 0 unspecified atom stereocenters. The third-order valence-electron chi connectivity index (χ3n) is 4.78. The molecule has 0 spiro atoms. The second kappa shape index (κ2) is 7.83. The van der Waals surface area contributed by atoms with Gasteiger partial charge in [-0.15, -0.1) is 0 Å². The van der Waals surface area contributed by atoms with E-state index in [1.165, 1.54) is 0 Å². The first-order chi connectivity index (χ1) is 13.2. The second-order valence-corrected chi connectivity index (χ2v) is 6.59. The van der Waals surface area contributed by atoms with Crippen molar-refractivity contribution >= 4 is 17.7 Å². The van der Waals surface area contributed by atoms with Gasteiger partial charge >= 0.3 is 0 Å². The van der Waals surface area contributed by atoms with E-state index in [4.69, 9.17) is 4.74 Å². The number of aromatic nitrogens is 4. The van der Waals surface area contributed by atoms with E-state index in [9.17, 15) is 4.79 Å². The van der Waals surface area contributed by atoms with E-state index in [2.05, 4.69) is 29.7 Å². The van der Waals surface area contributed by atoms with Crippen LogP contribution in [-0.4, -0.2) is 83.2 Å². The summed E-state index contributed by atoms with van der Waals surface area (Å²) in [5, 5.41) is 0. The molecule has 1 amide bonds. The summed E-state index contributed by atoms with van der Waals surface area (Å²) in [4.78, 5) is 36.4. The van der Waals surface area contributed by atoms with E-state index in [0.717, 1.165) is 37.9 Å². The number of morpholine rings is 1. The van der Waals surface area contributed by atoms with Crippen molar-refractivity contribution in [1.82, 2.24) is 24.8 Å². The molecule has 0 bridgehead atoms. The van der Waals surface area contributed by atoms with Crippen LogP contribution in [0, 0.1) is 6.92 Å². The van der Waals surface area contributed by atoms with Gasteiger partial charge in [-0.25, -0.2) is 19.9 Å². The zero-order chi connectivity index (χ0) is 18.6. The summed E-state index contributed by atoms with van der Waals surface area (Å²) in [7, 11) is 0. The van der Waals surface area contributed by atoms with E-state index in [1.54, 1.807) is 23.4 Å². The SMILES string of the molecule is Cc1nc(C(=O)N2CCOCC2)cc(N2CCN(c3ncccn3)CC2)n1. The topological polar surface area (TPSA) is 87.6 Å². The predicted molar refractivity (Wildman–Crippen MR) is 99.9 cm³/mol. The number of piperazine rings is 1. The van der Waals surface area contributed by atoms with Crippen LogP contribution in [0.2, 0.25) is 0 Å². The zero-order valence-corrected chi connectivity index (χ0v) is 15.4. The molecule has 0 N–H and O–H groups in total. The maximum absolute atomic E-state index is 12.8. The van der Waals surface area contributed by atoms with Crippen LogP contribution in [0.5, 0.6) is 0 Å². The minimum Gasteiger partial charge on any atom is -0.378 e. The van der Waals surface area contributed by atoms with Crippen molar-refractivity contribution in [2.75, 3.05) is 62.3 Å². The lowest BCUT2D eigenvalue weighted by atomic mass is 10.2. The predicted octanol–water partition coefficient (Wildman–Crippen LogP) is 0.374. The maximum Gasteiger partial charge on any atom is 0.272 e. The molecule has 2 aromatic heterocycles. The summed E-state index contributed by atoms with van der Waals surface area (Å²) in [6.07, 6.45) is 3.51. The Bertz CT molecular complexity index is 788. The minimum absolute atomic E-state index is 0.0543. The molecule has 2 aliphatic rings. The number of carbonyl (C=O) groups is 1. The fraction of sp³-hybridized carbons (Fsp3) is 0.500. The summed E-state index contributed by atoms with van der Waals surface area (Å²) in [5.41, 5.74) is 0.452. The van der Waals surface area contributed by atoms with Gasteiger partial charge in [0.2, 0.25) is 5.95 Å². The van der Waals surface area contributed by atoms with Gasteiger partial charge in [0.05, 0.1) is 13.2 Å². The highest BCUT2D eigenvalue weighted by atomic mass is 16.5. The zero-order valence-electron chi connectivity index (χ0n) is 15.4. The number of ether oxygens (including phenoxy) is 1. The van der Waals surface area contributed by atoms with Crippen LogP contribution in [0.3, 0.4) is 0 Å². The van der Waals surface area contributed by atoms with Crippen LogP contribution < -0.4 is 9.80 Å². The van der Waals surface area contributed by atoms with Gasteiger partial charge in [-0.2, -0.15) is 0 Å². The lowest BCUT2D eigenvalue weighted by Gasteiger charge is -2.35.